The van der Waals surface area contributed by atoms with Gasteiger partial charge in [0.2, 0.25) is 5.91 Å². The Morgan fingerprint density at radius 1 is 1.14 bits per heavy atom. The van der Waals surface area contributed by atoms with Crippen LogP contribution in [0.1, 0.15) is 12.5 Å². The molecule has 0 unspecified atom stereocenters. The fourth-order valence-electron chi connectivity index (χ4n) is 2.56. The number of carbonyl (C=O) groups is 2. The van der Waals surface area contributed by atoms with Crippen LogP contribution in [0.4, 0.5) is 4.39 Å². The maximum atomic E-state index is 14.1. The molecule has 7 nitrogen and oxygen atoms in total. The third-order valence-corrected chi connectivity index (χ3v) is 4.07. The molecule has 0 saturated carbocycles. The van der Waals surface area contributed by atoms with E-state index < -0.39 is 23.7 Å². The molecule has 0 aliphatic carbocycles. The third-order valence-electron chi connectivity index (χ3n) is 4.07. The minimum atomic E-state index is -1.16. The monoisotopic (exact) mass is 385 g/mol. The smallest absolute Gasteiger partial charge is 0.325 e. The predicted octanol–water partition coefficient (Wildman–Crippen LogP) is 3.25. The van der Waals surface area contributed by atoms with Gasteiger partial charge in [0.1, 0.15) is 11.8 Å². The number of fused-ring (bicyclic) bond motifs is 1. The lowest BCUT2D eigenvalue weighted by atomic mass is 10.1. The number of phenols is 2. The highest BCUT2D eigenvalue weighted by Crippen LogP contribution is 2.35. The summed E-state index contributed by atoms with van der Waals surface area (Å²) in [6.07, 6.45) is 2.56. The van der Waals surface area contributed by atoms with Crippen LogP contribution in [-0.4, -0.2) is 33.2 Å². The fraction of sp³-hybridized carbons (Fsp3) is 0.100. The molecular formula is C20H16FNO6. The van der Waals surface area contributed by atoms with Crippen molar-refractivity contribution in [1.82, 2.24) is 5.32 Å². The highest BCUT2D eigenvalue weighted by atomic mass is 19.1. The van der Waals surface area contributed by atoms with Gasteiger partial charge in [0.25, 0.3) is 0 Å². The second-order valence-electron chi connectivity index (χ2n) is 6.10. The van der Waals surface area contributed by atoms with Crippen LogP contribution in [0, 0.1) is 5.82 Å². The van der Waals surface area contributed by atoms with Gasteiger partial charge in [-0.05, 0) is 48.9 Å². The maximum Gasteiger partial charge on any atom is 0.325 e. The van der Waals surface area contributed by atoms with Crippen LogP contribution >= 0.6 is 0 Å². The molecule has 8 heteroatoms. The first-order chi connectivity index (χ1) is 13.3. The van der Waals surface area contributed by atoms with E-state index in [1.165, 1.54) is 43.3 Å². The lowest BCUT2D eigenvalue weighted by molar-refractivity contribution is -0.140. The zero-order valence-corrected chi connectivity index (χ0v) is 14.6. The molecule has 0 spiro atoms. The number of carbonyl (C=O) groups excluding carboxylic acids is 1. The van der Waals surface area contributed by atoms with Crippen LogP contribution in [0.5, 0.6) is 11.5 Å². The molecule has 1 atom stereocenters. The highest BCUT2D eigenvalue weighted by Gasteiger charge is 2.15. The summed E-state index contributed by atoms with van der Waals surface area (Å²) in [5.41, 5.74) is 0.866. The number of aliphatic carboxylic acids is 1. The number of amides is 1. The standard InChI is InChI=1S/C20H16FNO6/c1-10(20(26)27)22-18(25)7-4-11-2-5-14(21)19-13(11)9-17(28-19)12-3-6-15(23)16(24)8-12/h2-10,23-24H,1H3,(H,22,25)(H,26,27)/b7-4+/t10-/m0/s1. The molecule has 0 saturated heterocycles. The molecule has 4 N–H and O–H groups in total. The van der Waals surface area contributed by atoms with E-state index in [2.05, 4.69) is 5.32 Å². The summed E-state index contributed by atoms with van der Waals surface area (Å²) in [7, 11) is 0. The van der Waals surface area contributed by atoms with Crippen LogP contribution in [0.3, 0.4) is 0 Å². The molecule has 0 aliphatic rings. The first kappa shape index (κ1) is 19.0. The Labute approximate surface area is 158 Å². The van der Waals surface area contributed by atoms with E-state index in [0.29, 0.717) is 16.5 Å². The summed E-state index contributed by atoms with van der Waals surface area (Å²) >= 11 is 0. The number of aromatic hydroxyl groups is 2. The van der Waals surface area contributed by atoms with E-state index in [1.54, 1.807) is 6.07 Å². The average Bonchev–Trinajstić information content (AvgIpc) is 3.09. The molecule has 1 amide bonds. The molecule has 3 rings (SSSR count). The molecule has 144 valence electrons. The Morgan fingerprint density at radius 2 is 1.89 bits per heavy atom. The summed E-state index contributed by atoms with van der Waals surface area (Å²) in [5.74, 6) is -2.76. The van der Waals surface area contributed by atoms with Gasteiger partial charge >= 0.3 is 5.97 Å². The lowest BCUT2D eigenvalue weighted by Gasteiger charge is -2.06. The predicted molar refractivity (Wildman–Crippen MR) is 99.2 cm³/mol. The van der Waals surface area contributed by atoms with Crippen LogP contribution in [0.15, 0.2) is 46.9 Å². The minimum Gasteiger partial charge on any atom is -0.504 e. The quantitative estimate of drug-likeness (QED) is 0.395. The third kappa shape index (κ3) is 3.80. The second kappa shape index (κ2) is 7.43. The lowest BCUT2D eigenvalue weighted by Crippen LogP contribution is -2.37. The van der Waals surface area contributed by atoms with Gasteiger partial charge in [-0.25, -0.2) is 4.39 Å². The van der Waals surface area contributed by atoms with Crippen LogP contribution in [0.25, 0.3) is 28.4 Å². The molecule has 3 aromatic rings. The SMILES string of the molecule is C[C@H](NC(=O)/C=C/c1ccc(F)c2oc(-c3ccc(O)c(O)c3)cc12)C(=O)O. The fourth-order valence-corrected chi connectivity index (χ4v) is 2.56. The normalized spacial score (nSPS) is 12.4. The van der Waals surface area contributed by atoms with Gasteiger partial charge in [0.15, 0.2) is 22.9 Å². The van der Waals surface area contributed by atoms with Crippen molar-refractivity contribution in [1.29, 1.82) is 0 Å². The average molecular weight is 385 g/mol. The molecule has 0 aliphatic heterocycles. The number of halogens is 1. The Bertz CT molecular complexity index is 1100. The van der Waals surface area contributed by atoms with Crippen molar-refractivity contribution in [2.45, 2.75) is 13.0 Å². The minimum absolute atomic E-state index is 0.0379. The Hall–Kier alpha value is -3.81. The van der Waals surface area contributed by atoms with E-state index in [4.69, 9.17) is 9.52 Å². The summed E-state index contributed by atoms with van der Waals surface area (Å²) in [6, 6.07) is 7.19. The van der Waals surface area contributed by atoms with E-state index >= 15 is 0 Å². The van der Waals surface area contributed by atoms with Gasteiger partial charge in [-0.3, -0.25) is 9.59 Å². The number of benzene rings is 2. The zero-order chi connectivity index (χ0) is 20.4. The summed E-state index contributed by atoms with van der Waals surface area (Å²) < 4.78 is 19.7. The molecule has 2 aromatic carbocycles. The number of carboxylic acid groups (broad SMARTS) is 1. The number of phenolic OH excluding ortho intramolecular Hbond substituents is 2. The highest BCUT2D eigenvalue weighted by molar-refractivity contribution is 5.98. The number of carboxylic acids is 1. The summed E-state index contributed by atoms with van der Waals surface area (Å²) in [4.78, 5) is 22.6. The van der Waals surface area contributed by atoms with Gasteiger partial charge in [0.05, 0.1) is 0 Å². The van der Waals surface area contributed by atoms with Gasteiger partial charge in [-0.2, -0.15) is 0 Å². The molecule has 0 fully saturated rings. The zero-order valence-electron chi connectivity index (χ0n) is 14.6. The molecule has 1 aromatic heterocycles. The van der Waals surface area contributed by atoms with Gasteiger partial charge in [-0.1, -0.05) is 6.07 Å². The van der Waals surface area contributed by atoms with Crippen molar-refractivity contribution in [3.05, 3.63) is 53.9 Å². The van der Waals surface area contributed by atoms with E-state index in [0.717, 1.165) is 6.08 Å². The van der Waals surface area contributed by atoms with E-state index in [1.807, 2.05) is 0 Å². The Kier molecular flexibility index (Phi) is 5.04. The van der Waals surface area contributed by atoms with Gasteiger partial charge in [-0.15, -0.1) is 0 Å². The molecular weight excluding hydrogens is 369 g/mol. The van der Waals surface area contributed by atoms with Crippen molar-refractivity contribution in [2.24, 2.45) is 0 Å². The van der Waals surface area contributed by atoms with Crippen molar-refractivity contribution < 1.29 is 33.7 Å². The summed E-state index contributed by atoms with van der Waals surface area (Å²) in [5, 5.41) is 30.5. The van der Waals surface area contributed by atoms with Crippen molar-refractivity contribution in [3.63, 3.8) is 0 Å². The van der Waals surface area contributed by atoms with Gasteiger partial charge < -0.3 is 25.1 Å². The topological polar surface area (TPSA) is 120 Å². The number of rotatable bonds is 5. The van der Waals surface area contributed by atoms with Crippen molar-refractivity contribution in [3.8, 4) is 22.8 Å². The molecule has 0 bridgehead atoms. The molecule has 0 radical (unpaired) electrons. The van der Waals surface area contributed by atoms with Crippen molar-refractivity contribution >= 4 is 28.9 Å². The number of furan rings is 1. The van der Waals surface area contributed by atoms with E-state index in [-0.39, 0.29) is 22.8 Å². The summed E-state index contributed by atoms with van der Waals surface area (Å²) in [6.45, 7) is 1.33. The second-order valence-corrected chi connectivity index (χ2v) is 6.10. The number of hydrogen-bond donors (Lipinski definition) is 4. The first-order valence-corrected chi connectivity index (χ1v) is 8.22. The molecule has 1 heterocycles. The Balaban J connectivity index is 1.96. The van der Waals surface area contributed by atoms with Crippen LogP contribution in [-0.2, 0) is 9.59 Å². The molecule has 28 heavy (non-hydrogen) atoms. The van der Waals surface area contributed by atoms with Gasteiger partial charge in [0, 0.05) is 17.0 Å². The number of hydrogen-bond acceptors (Lipinski definition) is 5. The van der Waals surface area contributed by atoms with E-state index in [9.17, 15) is 24.2 Å². The van der Waals surface area contributed by atoms with Crippen LogP contribution in [0.2, 0.25) is 0 Å². The largest absolute Gasteiger partial charge is 0.504 e. The first-order valence-electron chi connectivity index (χ1n) is 8.22. The number of nitrogens with one attached hydrogen (secondary N) is 1. The Morgan fingerprint density at radius 3 is 2.57 bits per heavy atom. The van der Waals surface area contributed by atoms with Crippen molar-refractivity contribution in [2.75, 3.05) is 0 Å². The van der Waals surface area contributed by atoms with Crippen LogP contribution < -0.4 is 5.32 Å². The maximum absolute atomic E-state index is 14.1.